The predicted octanol–water partition coefficient (Wildman–Crippen LogP) is 3.04. The van der Waals surface area contributed by atoms with E-state index in [1.807, 2.05) is 48.5 Å². The third-order valence-corrected chi connectivity index (χ3v) is 5.05. The Balaban J connectivity index is 1.48. The third-order valence-electron chi connectivity index (χ3n) is 5.05. The molecule has 0 saturated heterocycles. The topological polar surface area (TPSA) is 93.9 Å². The summed E-state index contributed by atoms with van der Waals surface area (Å²) in [4.78, 5) is 25.9. The summed E-state index contributed by atoms with van der Waals surface area (Å²) in [6, 6.07) is 15.8. The molecule has 7 nitrogen and oxygen atoms in total. The van der Waals surface area contributed by atoms with Gasteiger partial charge in [-0.1, -0.05) is 48.5 Å². The van der Waals surface area contributed by atoms with Crippen LogP contribution in [0.3, 0.4) is 0 Å². The minimum atomic E-state index is -0.552. The maximum Gasteiger partial charge on any atom is 0.410 e. The molecule has 1 aliphatic carbocycles. The third kappa shape index (κ3) is 5.37. The number of carbonyl (C=O) groups excluding carboxylic acids is 2. The van der Waals surface area contributed by atoms with E-state index in [1.54, 1.807) is 7.05 Å². The molecule has 1 aliphatic rings. The van der Waals surface area contributed by atoms with E-state index in [1.165, 1.54) is 4.90 Å². The molecule has 3 N–H and O–H groups in total. The lowest BCUT2D eigenvalue weighted by Crippen LogP contribution is -2.39. The van der Waals surface area contributed by atoms with Crippen LogP contribution in [0.15, 0.2) is 48.5 Å². The molecule has 0 radical (unpaired) electrons. The van der Waals surface area contributed by atoms with Gasteiger partial charge in [-0.2, -0.15) is 0 Å². The summed E-state index contributed by atoms with van der Waals surface area (Å²) < 4.78 is 11.1. The minimum Gasteiger partial charge on any atom is -0.436 e. The van der Waals surface area contributed by atoms with Gasteiger partial charge in [0.15, 0.2) is 6.10 Å². The zero-order valence-corrected chi connectivity index (χ0v) is 17.3. The van der Waals surface area contributed by atoms with Gasteiger partial charge >= 0.3 is 6.09 Å². The van der Waals surface area contributed by atoms with Crippen molar-refractivity contribution in [1.82, 2.24) is 10.2 Å². The second kappa shape index (κ2) is 10.8. The zero-order chi connectivity index (χ0) is 21.3. The number of unbranched alkanes of at least 4 members (excludes halogenated alkanes) is 2. The van der Waals surface area contributed by atoms with Gasteiger partial charge in [0.05, 0.1) is 0 Å². The normalized spacial score (nSPS) is 12.2. The van der Waals surface area contributed by atoms with E-state index in [0.29, 0.717) is 13.2 Å². The SMILES string of the molecule is CN(CC(=O)NCOCCCCCN)C(=O)OC1c2ccccc2-c2ccccc21. The lowest BCUT2D eigenvalue weighted by molar-refractivity contribution is -0.123. The maximum atomic E-state index is 12.6. The van der Waals surface area contributed by atoms with Gasteiger partial charge in [-0.3, -0.25) is 4.79 Å². The van der Waals surface area contributed by atoms with E-state index in [2.05, 4.69) is 5.32 Å². The van der Waals surface area contributed by atoms with E-state index in [-0.39, 0.29) is 19.2 Å². The smallest absolute Gasteiger partial charge is 0.410 e. The summed E-state index contributed by atoms with van der Waals surface area (Å²) in [5, 5.41) is 2.65. The van der Waals surface area contributed by atoms with Crippen molar-refractivity contribution in [1.29, 1.82) is 0 Å². The van der Waals surface area contributed by atoms with Crippen LogP contribution in [0.5, 0.6) is 0 Å². The number of likely N-dealkylation sites (N-methyl/N-ethyl adjacent to an activating group) is 1. The maximum absolute atomic E-state index is 12.6. The predicted molar refractivity (Wildman–Crippen MR) is 115 cm³/mol. The fraction of sp³-hybridized carbons (Fsp3) is 0.391. The first-order chi connectivity index (χ1) is 14.6. The monoisotopic (exact) mass is 411 g/mol. The Kier molecular flexibility index (Phi) is 7.82. The summed E-state index contributed by atoms with van der Waals surface area (Å²) >= 11 is 0. The van der Waals surface area contributed by atoms with Crippen molar-refractivity contribution in [3.8, 4) is 11.1 Å². The van der Waals surface area contributed by atoms with Gasteiger partial charge in [0.2, 0.25) is 5.91 Å². The van der Waals surface area contributed by atoms with E-state index < -0.39 is 12.2 Å². The van der Waals surface area contributed by atoms with Crippen molar-refractivity contribution in [2.75, 3.05) is 33.5 Å². The van der Waals surface area contributed by atoms with Gasteiger partial charge in [0.1, 0.15) is 13.3 Å². The molecular weight excluding hydrogens is 382 g/mol. The molecule has 2 aromatic carbocycles. The molecule has 3 rings (SSSR count). The average Bonchev–Trinajstić information content (AvgIpc) is 3.07. The highest BCUT2D eigenvalue weighted by molar-refractivity contribution is 5.83. The van der Waals surface area contributed by atoms with Crippen LogP contribution in [0.2, 0.25) is 0 Å². The highest BCUT2D eigenvalue weighted by atomic mass is 16.6. The number of hydrogen-bond acceptors (Lipinski definition) is 5. The van der Waals surface area contributed by atoms with Crippen LogP contribution >= 0.6 is 0 Å². The number of benzene rings is 2. The summed E-state index contributed by atoms with van der Waals surface area (Å²) in [6.07, 6.45) is 1.85. The van der Waals surface area contributed by atoms with Gasteiger partial charge in [-0.25, -0.2) is 4.79 Å². The molecule has 0 heterocycles. The van der Waals surface area contributed by atoms with E-state index >= 15 is 0 Å². The molecule has 0 fully saturated rings. The molecule has 160 valence electrons. The minimum absolute atomic E-state index is 0.106. The summed E-state index contributed by atoms with van der Waals surface area (Å²) in [6.45, 7) is 1.26. The molecule has 2 aromatic rings. The van der Waals surface area contributed by atoms with Crippen LogP contribution in [-0.4, -0.2) is 50.4 Å². The Labute approximate surface area is 177 Å². The fourth-order valence-electron chi connectivity index (χ4n) is 3.49. The number of carbonyl (C=O) groups is 2. The summed E-state index contributed by atoms with van der Waals surface area (Å²) in [5.41, 5.74) is 9.47. The number of nitrogens with zero attached hydrogens (tertiary/aromatic N) is 1. The summed E-state index contributed by atoms with van der Waals surface area (Å²) in [5.74, 6) is -0.302. The molecule has 0 bridgehead atoms. The molecule has 0 aromatic heterocycles. The number of amides is 2. The molecule has 0 aliphatic heterocycles. The van der Waals surface area contributed by atoms with Crippen molar-refractivity contribution in [2.24, 2.45) is 5.73 Å². The van der Waals surface area contributed by atoms with Crippen molar-refractivity contribution in [3.63, 3.8) is 0 Å². The molecule has 2 amide bonds. The molecule has 0 atom stereocenters. The number of ether oxygens (including phenoxy) is 2. The first kappa shape index (κ1) is 21.8. The van der Waals surface area contributed by atoms with Gasteiger partial charge in [-0.05, 0) is 36.9 Å². The number of hydrogen-bond donors (Lipinski definition) is 2. The van der Waals surface area contributed by atoms with Gasteiger partial charge in [0.25, 0.3) is 0 Å². The van der Waals surface area contributed by atoms with Crippen LogP contribution in [0, 0.1) is 0 Å². The molecule has 30 heavy (non-hydrogen) atoms. The van der Waals surface area contributed by atoms with Gasteiger partial charge in [-0.15, -0.1) is 0 Å². The first-order valence-electron chi connectivity index (χ1n) is 10.3. The second-order valence-electron chi connectivity index (χ2n) is 7.30. The number of rotatable bonds is 10. The van der Waals surface area contributed by atoms with Crippen LogP contribution in [0.1, 0.15) is 36.5 Å². The molecule has 0 spiro atoms. The lowest BCUT2D eigenvalue weighted by atomic mass is 10.1. The molecule has 7 heteroatoms. The van der Waals surface area contributed by atoms with Gasteiger partial charge < -0.3 is 25.4 Å². The highest BCUT2D eigenvalue weighted by Crippen LogP contribution is 2.45. The van der Waals surface area contributed by atoms with Crippen LogP contribution in [0.4, 0.5) is 4.79 Å². The van der Waals surface area contributed by atoms with E-state index in [9.17, 15) is 9.59 Å². The molecule has 0 unspecified atom stereocenters. The average molecular weight is 412 g/mol. The first-order valence-corrected chi connectivity index (χ1v) is 10.3. The Hall–Kier alpha value is -2.90. The van der Waals surface area contributed by atoms with Crippen molar-refractivity contribution in [2.45, 2.75) is 25.4 Å². The lowest BCUT2D eigenvalue weighted by Gasteiger charge is -2.21. The molecular formula is C23H29N3O4. The van der Waals surface area contributed by atoms with E-state index in [4.69, 9.17) is 15.2 Å². The van der Waals surface area contributed by atoms with Crippen LogP contribution < -0.4 is 11.1 Å². The Morgan fingerprint density at radius 2 is 1.63 bits per heavy atom. The Morgan fingerprint density at radius 3 is 2.27 bits per heavy atom. The van der Waals surface area contributed by atoms with Crippen molar-refractivity contribution >= 4 is 12.0 Å². The second-order valence-corrected chi connectivity index (χ2v) is 7.30. The Bertz CT molecular complexity index is 826. The number of fused-ring (bicyclic) bond motifs is 3. The van der Waals surface area contributed by atoms with E-state index in [0.717, 1.165) is 41.5 Å². The van der Waals surface area contributed by atoms with Crippen molar-refractivity contribution < 1.29 is 19.1 Å². The zero-order valence-electron chi connectivity index (χ0n) is 17.3. The molecule has 0 saturated carbocycles. The largest absolute Gasteiger partial charge is 0.436 e. The quantitative estimate of drug-likeness (QED) is 0.463. The number of nitrogens with two attached hydrogens (primary N) is 1. The van der Waals surface area contributed by atoms with Gasteiger partial charge in [0, 0.05) is 24.8 Å². The van der Waals surface area contributed by atoms with Crippen LogP contribution in [-0.2, 0) is 14.3 Å². The van der Waals surface area contributed by atoms with Crippen LogP contribution in [0.25, 0.3) is 11.1 Å². The Morgan fingerprint density at radius 1 is 1.00 bits per heavy atom. The number of nitrogens with one attached hydrogen (secondary N) is 1. The fourth-order valence-corrected chi connectivity index (χ4v) is 3.49. The summed E-state index contributed by atoms with van der Waals surface area (Å²) in [7, 11) is 1.54. The highest BCUT2D eigenvalue weighted by Gasteiger charge is 2.32. The standard InChI is InChI=1S/C23H29N3O4/c1-26(15-21(27)25-16-29-14-8-2-7-13-24)23(28)30-22-19-11-5-3-9-17(19)18-10-4-6-12-20(18)22/h3-6,9-12,22H,2,7-8,13-16,24H2,1H3,(H,25,27). The van der Waals surface area contributed by atoms with Crippen molar-refractivity contribution in [3.05, 3.63) is 59.7 Å².